The Morgan fingerprint density at radius 1 is 0.841 bits per heavy atom. The maximum absolute atomic E-state index is 15.7. The van der Waals surface area contributed by atoms with Crippen LogP contribution in [0.2, 0.25) is 0 Å². The molecule has 5 aromatic rings. The zero-order chi connectivity index (χ0) is 57.8. The Kier molecular flexibility index (Phi) is 22.4. The van der Waals surface area contributed by atoms with Crippen molar-refractivity contribution >= 4 is 39.9 Å². The van der Waals surface area contributed by atoms with Gasteiger partial charge in [0.1, 0.15) is 35.6 Å². The maximum Gasteiger partial charge on any atom is 0.417 e. The number of nitrogens with zero attached hydrogens (tertiary/aromatic N) is 3. The molecule has 16 nitrogen and oxygen atoms in total. The number of fused-ring (bicyclic) bond motifs is 3. The molecule has 82 heavy (non-hydrogen) atoms. The number of hydrogen-bond acceptors (Lipinski definition) is 13. The Morgan fingerprint density at radius 2 is 1.56 bits per heavy atom. The Bertz CT molecular complexity index is 2990. The summed E-state index contributed by atoms with van der Waals surface area (Å²) in [4.78, 5) is 49.0. The van der Waals surface area contributed by atoms with Crippen LogP contribution in [-0.4, -0.2) is 83.6 Å². The molecule has 438 valence electrons. The minimum absolute atomic E-state index is 0.0110. The highest BCUT2D eigenvalue weighted by Gasteiger charge is 2.65. The van der Waals surface area contributed by atoms with Crippen molar-refractivity contribution in [2.75, 3.05) is 39.4 Å². The van der Waals surface area contributed by atoms with Crippen LogP contribution in [0.15, 0.2) is 133 Å². The van der Waals surface area contributed by atoms with E-state index in [2.05, 4.69) is 49.2 Å². The van der Waals surface area contributed by atoms with Crippen molar-refractivity contribution in [2.45, 2.75) is 147 Å². The zero-order valence-electron chi connectivity index (χ0n) is 47.9. The highest BCUT2D eigenvalue weighted by molar-refractivity contribution is 6.03. The van der Waals surface area contributed by atoms with Crippen LogP contribution in [0.5, 0.6) is 23.0 Å². The van der Waals surface area contributed by atoms with Gasteiger partial charge in [-0.25, -0.2) is 4.79 Å². The number of methoxy groups -OCH3 is 2. The molecule has 0 spiro atoms. The van der Waals surface area contributed by atoms with Gasteiger partial charge in [0.2, 0.25) is 11.7 Å². The number of anilines is 1. The van der Waals surface area contributed by atoms with E-state index in [9.17, 15) is 25.1 Å². The number of nitro groups is 1. The average molecular weight is 1120 g/mol. The van der Waals surface area contributed by atoms with Crippen molar-refractivity contribution in [3.8, 4) is 23.0 Å². The molecular weight excluding hydrogens is 1040 g/mol. The Balaban J connectivity index is 1.28. The molecule has 6 atom stereocenters. The molecule has 0 bridgehead atoms. The lowest BCUT2D eigenvalue weighted by Gasteiger charge is -2.60. The molecule has 3 N–H and O–H groups in total. The number of aliphatic hydroxyl groups is 2. The average Bonchev–Trinajstić information content (AvgIpc) is 1.00. The molecule has 1 heterocycles. The minimum Gasteiger partial charge on any atom is -0.497 e. The number of carbonyl (C=O) groups excluding carboxylic acids is 2. The normalized spacial score (nSPS) is 20.2. The first-order chi connectivity index (χ1) is 40.1. The first kappa shape index (κ1) is 60.8. The van der Waals surface area contributed by atoms with Crippen molar-refractivity contribution in [3.05, 3.63) is 154 Å². The second kappa shape index (κ2) is 30.2. The lowest BCUT2D eigenvalue weighted by Crippen LogP contribution is -2.70. The maximum atomic E-state index is 15.7. The highest BCUT2D eigenvalue weighted by atomic mass is 16.7. The lowest BCUT2D eigenvalue weighted by molar-refractivity contribution is -0.384. The molecule has 8 rings (SSSR count). The number of non-ortho nitro benzene ring substituents is 1. The molecule has 1 aliphatic heterocycles. The van der Waals surface area contributed by atoms with E-state index in [1.807, 2.05) is 35.2 Å². The standard InChI is InChI=1S/C66H82N4O12/c1-5-7-8-9-10-11-12-13-14-28-62(73)69(44-49-25-21-24-47-22-15-16-26-53(47)49)61-43-58(68-80-45-46-29-31-50(32-30-46)70(75)76)55-40-48(23-17-19-37-71)54(27-18-20-38-72)63-56-41-52(34-36-59(56)82-66(61,64(55)63)79-39-6-2)81-65(74)67-57-35-33-51(77-3)42-60(57)78-4/h6,15-16,21-22,24-26,29-36,40-42,48,54,61,63-64,71-72H,2,5,7-14,17-20,23,27-28,37-39,43-45H2,1,3-4H3,(H,67,74). The van der Waals surface area contributed by atoms with E-state index < -0.39 is 34.7 Å². The van der Waals surface area contributed by atoms with Crippen LogP contribution in [0.3, 0.4) is 0 Å². The third kappa shape index (κ3) is 14.9. The monoisotopic (exact) mass is 1120 g/mol. The summed E-state index contributed by atoms with van der Waals surface area (Å²) >= 11 is 0. The van der Waals surface area contributed by atoms with Crippen molar-refractivity contribution in [2.24, 2.45) is 22.9 Å². The molecule has 1 fully saturated rings. The van der Waals surface area contributed by atoms with Crippen molar-refractivity contribution in [3.63, 3.8) is 0 Å². The number of allylic oxidation sites excluding steroid dienone is 1. The summed E-state index contributed by atoms with van der Waals surface area (Å²) in [6.45, 7) is 6.72. The predicted molar refractivity (Wildman–Crippen MR) is 318 cm³/mol. The van der Waals surface area contributed by atoms with Crippen molar-refractivity contribution < 1.29 is 53.2 Å². The number of nitrogens with one attached hydrogen (secondary N) is 1. The van der Waals surface area contributed by atoms with Gasteiger partial charge in [-0.3, -0.25) is 20.2 Å². The van der Waals surface area contributed by atoms with Gasteiger partial charge in [-0.2, -0.15) is 0 Å². The lowest BCUT2D eigenvalue weighted by atomic mass is 9.55. The number of amides is 2. The van der Waals surface area contributed by atoms with E-state index in [0.717, 1.165) is 59.6 Å². The first-order valence-corrected chi connectivity index (χ1v) is 29.5. The number of hydrogen-bond donors (Lipinski definition) is 3. The fourth-order valence-electron chi connectivity index (χ4n) is 12.5. The molecule has 0 aromatic heterocycles. The van der Waals surface area contributed by atoms with Crippen LogP contribution in [0, 0.1) is 27.9 Å². The number of rotatable bonds is 32. The van der Waals surface area contributed by atoms with Gasteiger partial charge in [0.05, 0.1) is 43.1 Å². The van der Waals surface area contributed by atoms with Gasteiger partial charge < -0.3 is 43.6 Å². The fraction of sp³-hybridized carbons (Fsp3) is 0.470. The van der Waals surface area contributed by atoms with Crippen LogP contribution in [0.4, 0.5) is 16.2 Å². The van der Waals surface area contributed by atoms with Crippen molar-refractivity contribution in [1.29, 1.82) is 0 Å². The number of benzene rings is 5. The smallest absolute Gasteiger partial charge is 0.417 e. The summed E-state index contributed by atoms with van der Waals surface area (Å²) in [5.74, 6) is -1.13. The minimum atomic E-state index is -1.55. The second-order valence-corrected chi connectivity index (χ2v) is 21.8. The molecular formula is C66H82N4O12. The third-order valence-corrected chi connectivity index (χ3v) is 16.5. The number of ether oxygens (including phenoxy) is 5. The van der Waals surface area contributed by atoms with E-state index in [4.69, 9.17) is 33.7 Å². The number of carbonyl (C=O) groups is 2. The molecule has 0 radical (unpaired) electrons. The van der Waals surface area contributed by atoms with E-state index in [0.29, 0.717) is 72.7 Å². The largest absolute Gasteiger partial charge is 0.497 e. The Labute approximate surface area is 482 Å². The molecule has 2 amide bonds. The Hall–Kier alpha value is -7.27. The van der Waals surface area contributed by atoms with Gasteiger partial charge in [0, 0.05) is 62.3 Å². The van der Waals surface area contributed by atoms with Gasteiger partial charge in [0.25, 0.3) is 5.69 Å². The molecule has 1 saturated carbocycles. The molecule has 6 unspecified atom stereocenters. The summed E-state index contributed by atoms with van der Waals surface area (Å²) in [7, 11) is 3.05. The van der Waals surface area contributed by atoms with E-state index in [1.54, 1.807) is 49.6 Å². The molecule has 5 aromatic carbocycles. The molecule has 2 aliphatic carbocycles. The van der Waals surface area contributed by atoms with Gasteiger partial charge in [-0.1, -0.05) is 131 Å². The number of unbranched alkanes of at least 4 members (excludes halogenated alkanes) is 10. The second-order valence-electron chi connectivity index (χ2n) is 21.8. The SMILES string of the molecule is C=CCOC12Oc3ccc(OC(=O)Nc4ccc(OC)cc4OC)cc3C3C(CCCCO)C(CCCCO)C=C(C(=NOCc4ccc([N+](=O)[O-])cc4)CC1N(Cc1cccc4ccccc14)C(=O)CCCCCCCCCCC)C32. The molecule has 3 aliphatic rings. The van der Waals surface area contributed by atoms with Crippen LogP contribution >= 0.6 is 0 Å². The van der Waals surface area contributed by atoms with E-state index in [-0.39, 0.29) is 68.6 Å². The van der Waals surface area contributed by atoms with E-state index in [1.165, 1.54) is 51.3 Å². The van der Waals surface area contributed by atoms with Crippen LogP contribution in [0.25, 0.3) is 10.8 Å². The third-order valence-electron chi connectivity index (χ3n) is 16.5. The predicted octanol–water partition coefficient (Wildman–Crippen LogP) is 14.2. The topological polar surface area (TPSA) is 201 Å². The molecule has 0 saturated heterocycles. The zero-order valence-corrected chi connectivity index (χ0v) is 47.9. The Morgan fingerprint density at radius 3 is 2.28 bits per heavy atom. The van der Waals surface area contributed by atoms with Crippen LogP contribution in [-0.2, 0) is 27.5 Å². The van der Waals surface area contributed by atoms with Gasteiger partial charge in [-0.15, -0.1) is 6.58 Å². The summed E-state index contributed by atoms with van der Waals surface area (Å²) < 4.78 is 32.0. The fourth-order valence-corrected chi connectivity index (χ4v) is 12.5. The number of oxime groups is 1. The summed E-state index contributed by atoms with van der Waals surface area (Å²) in [5.41, 5.74) is 4.19. The highest BCUT2D eigenvalue weighted by Crippen LogP contribution is 2.62. The van der Waals surface area contributed by atoms with E-state index >= 15 is 4.79 Å². The summed E-state index contributed by atoms with van der Waals surface area (Å²) in [6.07, 6.45) is 17.6. The first-order valence-electron chi connectivity index (χ1n) is 29.5. The number of aliphatic hydroxyl groups excluding tert-OH is 2. The summed E-state index contributed by atoms with van der Waals surface area (Å²) in [6, 6.07) is 30.2. The summed E-state index contributed by atoms with van der Waals surface area (Å²) in [5, 5.41) is 41.8. The van der Waals surface area contributed by atoms with Crippen LogP contribution < -0.4 is 24.3 Å². The van der Waals surface area contributed by atoms with Crippen molar-refractivity contribution in [1.82, 2.24) is 4.90 Å². The van der Waals surface area contributed by atoms with Gasteiger partial charge >= 0.3 is 6.09 Å². The van der Waals surface area contributed by atoms with Gasteiger partial charge in [0.15, 0.2) is 0 Å². The van der Waals surface area contributed by atoms with Crippen LogP contribution in [0.1, 0.15) is 139 Å². The quantitative estimate of drug-likeness (QED) is 0.0159. The number of nitro benzene ring substituents is 1. The van der Waals surface area contributed by atoms with Gasteiger partial charge in [-0.05, 0) is 114 Å². The molecule has 16 heteroatoms.